The summed E-state index contributed by atoms with van der Waals surface area (Å²) >= 11 is 0. The van der Waals surface area contributed by atoms with Crippen molar-refractivity contribution < 1.29 is 9.53 Å². The van der Waals surface area contributed by atoms with E-state index in [9.17, 15) is 4.79 Å². The Hall–Kier alpha value is -4.26. The Balaban J connectivity index is 1.52. The summed E-state index contributed by atoms with van der Waals surface area (Å²) in [5, 5.41) is 0. The normalized spacial score (nSPS) is 14.9. The monoisotopic (exact) mass is 425 g/mol. The van der Waals surface area contributed by atoms with Gasteiger partial charge in [0.1, 0.15) is 23.0 Å². The third-order valence-corrected chi connectivity index (χ3v) is 5.60. The molecular weight excluding hydrogens is 402 g/mol. The number of nitrogen functional groups attached to an aromatic ring is 1. The van der Waals surface area contributed by atoms with Gasteiger partial charge in [0.25, 0.3) is 5.91 Å². The van der Waals surface area contributed by atoms with Crippen LogP contribution in [-0.2, 0) is 0 Å². The number of nitrogens with zero attached hydrogens (tertiary/aromatic N) is 2. The summed E-state index contributed by atoms with van der Waals surface area (Å²) in [7, 11) is 0. The number of imidazole rings is 1. The van der Waals surface area contributed by atoms with Crippen molar-refractivity contribution in [2.75, 3.05) is 17.7 Å². The molecule has 3 aromatic carbocycles. The molecule has 0 aliphatic carbocycles. The fourth-order valence-electron chi connectivity index (χ4n) is 4.06. The number of carbonyl (C=O) groups excluding carboxylic acids is 1. The van der Waals surface area contributed by atoms with Crippen LogP contribution in [0.4, 0.5) is 5.69 Å². The van der Waals surface area contributed by atoms with Crippen molar-refractivity contribution in [1.29, 1.82) is 0 Å². The van der Waals surface area contributed by atoms with Crippen LogP contribution in [0, 0.1) is 0 Å². The van der Waals surface area contributed by atoms with Gasteiger partial charge in [-0.1, -0.05) is 30.3 Å². The molecule has 1 aliphatic heterocycles. The largest absolute Gasteiger partial charge is 0.457 e. The van der Waals surface area contributed by atoms with Crippen LogP contribution in [0.1, 0.15) is 34.2 Å². The second-order valence-electron chi connectivity index (χ2n) is 7.72. The van der Waals surface area contributed by atoms with Gasteiger partial charge in [0, 0.05) is 23.7 Å². The van der Waals surface area contributed by atoms with Crippen molar-refractivity contribution in [1.82, 2.24) is 9.66 Å². The third kappa shape index (κ3) is 3.65. The summed E-state index contributed by atoms with van der Waals surface area (Å²) in [6.45, 7) is 0.696. The van der Waals surface area contributed by atoms with E-state index in [1.165, 1.54) is 0 Å². The van der Waals surface area contributed by atoms with Gasteiger partial charge < -0.3 is 21.6 Å². The van der Waals surface area contributed by atoms with Gasteiger partial charge in [-0.25, -0.2) is 9.66 Å². The smallest absolute Gasteiger partial charge is 0.269 e. The quantitative estimate of drug-likeness (QED) is 0.417. The molecule has 7 nitrogen and oxygen atoms in total. The molecule has 1 unspecified atom stereocenters. The molecule has 0 saturated carbocycles. The molecule has 0 bridgehead atoms. The van der Waals surface area contributed by atoms with Crippen LogP contribution in [-0.4, -0.2) is 22.1 Å². The number of carbonyl (C=O) groups is 1. The van der Waals surface area contributed by atoms with E-state index >= 15 is 0 Å². The number of nitrogens with two attached hydrogens (primary N) is 2. The van der Waals surface area contributed by atoms with Crippen molar-refractivity contribution in [3.63, 3.8) is 0 Å². The molecule has 7 heteroatoms. The zero-order valence-electron chi connectivity index (χ0n) is 17.4. The average molecular weight is 425 g/mol. The van der Waals surface area contributed by atoms with Crippen molar-refractivity contribution in [2.45, 2.75) is 12.3 Å². The highest BCUT2D eigenvalue weighted by Crippen LogP contribution is 2.35. The number of primary amides is 1. The van der Waals surface area contributed by atoms with Crippen LogP contribution in [0.25, 0.3) is 11.3 Å². The number of benzene rings is 3. The first-order valence-corrected chi connectivity index (χ1v) is 10.5. The standard InChI is InChI=1S/C25H23N5O2/c26-18-10-6-16(7-11-18)21-14-15-28-30-23(24(27)31)22(29-25(21)30)17-8-12-20(13-9-17)32-19-4-2-1-3-5-19/h1-13,21,28H,14-15,26H2,(H2,27,31). The van der Waals surface area contributed by atoms with Crippen LogP contribution in [0.3, 0.4) is 0 Å². The summed E-state index contributed by atoms with van der Waals surface area (Å²) < 4.78 is 7.61. The number of hydrogen-bond acceptors (Lipinski definition) is 5. The minimum Gasteiger partial charge on any atom is -0.457 e. The van der Waals surface area contributed by atoms with Crippen LogP contribution < -0.4 is 21.6 Å². The molecule has 1 amide bonds. The van der Waals surface area contributed by atoms with Gasteiger partial charge in [-0.05, 0) is 60.5 Å². The number of ether oxygens (including phenoxy) is 1. The molecule has 0 radical (unpaired) electrons. The predicted molar refractivity (Wildman–Crippen MR) is 124 cm³/mol. The van der Waals surface area contributed by atoms with E-state index < -0.39 is 5.91 Å². The maximum atomic E-state index is 12.4. The van der Waals surface area contributed by atoms with Crippen LogP contribution in [0.5, 0.6) is 11.5 Å². The van der Waals surface area contributed by atoms with Crippen molar-refractivity contribution in [2.24, 2.45) is 5.73 Å². The number of para-hydroxylation sites is 1. The molecule has 160 valence electrons. The highest BCUT2D eigenvalue weighted by molar-refractivity contribution is 5.97. The second-order valence-corrected chi connectivity index (χ2v) is 7.72. The van der Waals surface area contributed by atoms with E-state index in [1.807, 2.05) is 78.9 Å². The summed E-state index contributed by atoms with van der Waals surface area (Å²) in [4.78, 5) is 17.3. The van der Waals surface area contributed by atoms with Crippen molar-refractivity contribution in [3.05, 3.63) is 95.9 Å². The number of fused-ring (bicyclic) bond motifs is 1. The van der Waals surface area contributed by atoms with Gasteiger partial charge in [0.2, 0.25) is 0 Å². The molecule has 1 atom stereocenters. The highest BCUT2D eigenvalue weighted by Gasteiger charge is 2.30. The summed E-state index contributed by atoms with van der Waals surface area (Å²) in [6.07, 6.45) is 0.850. The predicted octanol–water partition coefficient (Wildman–Crippen LogP) is 4.10. The number of hydrogen-bond donors (Lipinski definition) is 3. The summed E-state index contributed by atoms with van der Waals surface area (Å²) in [5.41, 5.74) is 18.4. The molecule has 2 heterocycles. The van der Waals surface area contributed by atoms with Gasteiger partial charge >= 0.3 is 0 Å². The Labute approximate surface area is 185 Å². The Morgan fingerprint density at radius 3 is 2.34 bits per heavy atom. The van der Waals surface area contributed by atoms with Gasteiger partial charge in [-0.15, -0.1) is 0 Å². The first-order valence-electron chi connectivity index (χ1n) is 10.5. The molecule has 5 N–H and O–H groups in total. The molecule has 0 spiro atoms. The van der Waals surface area contributed by atoms with E-state index in [0.717, 1.165) is 29.1 Å². The summed E-state index contributed by atoms with van der Waals surface area (Å²) in [5.74, 6) is 1.71. The number of rotatable bonds is 5. The maximum Gasteiger partial charge on any atom is 0.269 e. The molecule has 0 fully saturated rings. The lowest BCUT2D eigenvalue weighted by atomic mass is 9.94. The van der Waals surface area contributed by atoms with Crippen LogP contribution >= 0.6 is 0 Å². The second kappa shape index (κ2) is 8.11. The number of aromatic nitrogens is 2. The first-order chi connectivity index (χ1) is 15.6. The maximum absolute atomic E-state index is 12.4. The Morgan fingerprint density at radius 1 is 0.969 bits per heavy atom. The molecule has 1 aliphatic rings. The summed E-state index contributed by atoms with van der Waals surface area (Å²) in [6, 6.07) is 24.8. The van der Waals surface area contributed by atoms with Crippen LogP contribution in [0.2, 0.25) is 0 Å². The van der Waals surface area contributed by atoms with Gasteiger partial charge in [0.15, 0.2) is 5.69 Å². The molecule has 5 rings (SSSR count). The lowest BCUT2D eigenvalue weighted by molar-refractivity contribution is 0.0992. The van der Waals surface area contributed by atoms with E-state index in [4.69, 9.17) is 21.2 Å². The van der Waals surface area contributed by atoms with Gasteiger partial charge in [-0.2, -0.15) is 0 Å². The van der Waals surface area contributed by atoms with Gasteiger partial charge in [-0.3, -0.25) is 4.79 Å². The zero-order valence-corrected chi connectivity index (χ0v) is 17.4. The fourth-order valence-corrected chi connectivity index (χ4v) is 4.06. The molecular formula is C25H23N5O2. The minimum absolute atomic E-state index is 0.0318. The minimum atomic E-state index is -0.534. The average Bonchev–Trinajstić information content (AvgIpc) is 3.21. The Morgan fingerprint density at radius 2 is 1.66 bits per heavy atom. The van der Waals surface area contributed by atoms with Crippen LogP contribution in [0.15, 0.2) is 78.9 Å². The molecule has 4 aromatic rings. The topological polar surface area (TPSA) is 108 Å². The lowest BCUT2D eigenvalue weighted by Gasteiger charge is -2.26. The Bertz CT molecular complexity index is 1250. The SMILES string of the molecule is NC(=O)c1c(-c2ccc(Oc3ccccc3)cc2)nc2n1NCCC2c1ccc(N)cc1. The number of amides is 1. The van der Waals surface area contributed by atoms with E-state index in [1.54, 1.807) is 4.68 Å². The van der Waals surface area contributed by atoms with E-state index in [2.05, 4.69) is 5.43 Å². The Kier molecular flexibility index (Phi) is 4.99. The molecule has 1 aromatic heterocycles. The third-order valence-electron chi connectivity index (χ3n) is 5.60. The first kappa shape index (κ1) is 19.7. The molecule has 32 heavy (non-hydrogen) atoms. The van der Waals surface area contributed by atoms with E-state index in [0.29, 0.717) is 29.4 Å². The van der Waals surface area contributed by atoms with Gasteiger partial charge in [0.05, 0.1) is 0 Å². The number of anilines is 1. The lowest BCUT2D eigenvalue weighted by Crippen LogP contribution is -2.32. The number of nitrogens with one attached hydrogen (secondary N) is 1. The molecule has 0 saturated heterocycles. The zero-order chi connectivity index (χ0) is 22.1. The van der Waals surface area contributed by atoms with E-state index in [-0.39, 0.29) is 5.92 Å². The highest BCUT2D eigenvalue weighted by atomic mass is 16.5. The fraction of sp³-hybridized carbons (Fsp3) is 0.120. The van der Waals surface area contributed by atoms with Crippen molar-refractivity contribution in [3.8, 4) is 22.8 Å². The van der Waals surface area contributed by atoms with Crippen molar-refractivity contribution >= 4 is 11.6 Å².